The maximum absolute atomic E-state index is 5.84. The van der Waals surface area contributed by atoms with Crippen LogP contribution < -0.4 is 15.8 Å². The molecule has 0 bridgehead atoms. The molecule has 0 aromatic carbocycles. The van der Waals surface area contributed by atoms with Gasteiger partial charge in [0.2, 0.25) is 5.88 Å². The zero-order chi connectivity index (χ0) is 13.0. The fourth-order valence-corrected chi connectivity index (χ4v) is 1.53. The maximum Gasteiger partial charge on any atom is 0.212 e. The van der Waals surface area contributed by atoms with Crippen LogP contribution in [0.25, 0.3) is 0 Å². The second-order valence-electron chi connectivity index (χ2n) is 3.95. The third-order valence-electron chi connectivity index (χ3n) is 2.53. The van der Waals surface area contributed by atoms with Gasteiger partial charge in [-0.3, -0.25) is 0 Å². The summed E-state index contributed by atoms with van der Waals surface area (Å²) in [5.41, 5.74) is 8.45. The third-order valence-corrected chi connectivity index (χ3v) is 2.53. The zero-order valence-corrected chi connectivity index (χ0v) is 10.5. The predicted molar refractivity (Wildman–Crippen MR) is 71.5 cm³/mol. The molecule has 0 fully saturated rings. The number of ether oxygens (including phenoxy) is 1. The van der Waals surface area contributed by atoms with E-state index in [1.165, 1.54) is 0 Å². The van der Waals surface area contributed by atoms with Crippen LogP contribution in [0.4, 0.5) is 11.5 Å². The number of aryl methyl sites for hydroxylation is 1. The summed E-state index contributed by atoms with van der Waals surface area (Å²) >= 11 is 0. The summed E-state index contributed by atoms with van der Waals surface area (Å²) in [6.07, 6.45) is 1.76. The molecule has 5 nitrogen and oxygen atoms in total. The van der Waals surface area contributed by atoms with Gasteiger partial charge in [0.05, 0.1) is 12.8 Å². The van der Waals surface area contributed by atoms with Crippen LogP contribution in [0.15, 0.2) is 30.5 Å². The first-order chi connectivity index (χ1) is 8.69. The highest BCUT2D eigenvalue weighted by Gasteiger charge is 2.01. The predicted octanol–water partition coefficient (Wildman–Crippen LogP) is 1.99. The van der Waals surface area contributed by atoms with E-state index in [9.17, 15) is 0 Å². The van der Waals surface area contributed by atoms with Crippen molar-refractivity contribution in [2.45, 2.75) is 13.5 Å². The maximum atomic E-state index is 5.84. The van der Waals surface area contributed by atoms with Gasteiger partial charge in [-0.25, -0.2) is 9.97 Å². The Labute approximate surface area is 106 Å². The van der Waals surface area contributed by atoms with Crippen molar-refractivity contribution >= 4 is 11.5 Å². The molecule has 2 aromatic rings. The number of nitrogens with two attached hydrogens (primary N) is 1. The van der Waals surface area contributed by atoms with Gasteiger partial charge in [-0.15, -0.1) is 0 Å². The highest BCUT2D eigenvalue weighted by atomic mass is 16.5. The fourth-order valence-electron chi connectivity index (χ4n) is 1.53. The van der Waals surface area contributed by atoms with Crippen molar-refractivity contribution < 1.29 is 4.74 Å². The normalized spacial score (nSPS) is 10.1. The minimum Gasteiger partial charge on any atom is -0.481 e. The molecule has 2 rings (SSSR count). The summed E-state index contributed by atoms with van der Waals surface area (Å²) in [6, 6.07) is 7.50. The van der Waals surface area contributed by atoms with Gasteiger partial charge in [-0.05, 0) is 24.6 Å². The molecule has 0 unspecified atom stereocenters. The molecule has 5 heteroatoms. The molecule has 0 atom stereocenters. The van der Waals surface area contributed by atoms with Gasteiger partial charge in [-0.2, -0.15) is 0 Å². The Bertz CT molecular complexity index is 525. The van der Waals surface area contributed by atoms with E-state index >= 15 is 0 Å². The average molecular weight is 244 g/mol. The van der Waals surface area contributed by atoms with Gasteiger partial charge in [0.25, 0.3) is 0 Å². The summed E-state index contributed by atoms with van der Waals surface area (Å²) in [7, 11) is 1.59. The number of aromatic nitrogens is 2. The Morgan fingerprint density at radius 2 is 2.11 bits per heavy atom. The van der Waals surface area contributed by atoms with E-state index in [0.717, 1.165) is 11.3 Å². The highest BCUT2D eigenvalue weighted by molar-refractivity contribution is 5.61. The molecule has 0 saturated heterocycles. The molecule has 2 heterocycles. The molecule has 0 radical (unpaired) electrons. The number of nitrogens with one attached hydrogen (secondary N) is 1. The van der Waals surface area contributed by atoms with E-state index in [0.29, 0.717) is 23.9 Å². The van der Waals surface area contributed by atoms with Gasteiger partial charge >= 0.3 is 0 Å². The first kappa shape index (κ1) is 12.2. The van der Waals surface area contributed by atoms with Crippen molar-refractivity contribution in [1.29, 1.82) is 0 Å². The average Bonchev–Trinajstić information content (AvgIpc) is 2.40. The lowest BCUT2D eigenvalue weighted by atomic mass is 10.2. The molecular formula is C13H16N4O. The molecule has 3 N–H and O–H groups in total. The Kier molecular flexibility index (Phi) is 3.62. The van der Waals surface area contributed by atoms with Gasteiger partial charge in [0.15, 0.2) is 0 Å². The Balaban J connectivity index is 2.04. The molecular weight excluding hydrogens is 228 g/mol. The first-order valence-electron chi connectivity index (χ1n) is 5.65. The minimum atomic E-state index is 0.604. The number of nitrogens with zero attached hydrogens (tertiary/aromatic N) is 2. The van der Waals surface area contributed by atoms with E-state index in [1.807, 2.05) is 31.2 Å². The van der Waals surface area contributed by atoms with Crippen molar-refractivity contribution in [1.82, 2.24) is 9.97 Å². The van der Waals surface area contributed by atoms with E-state index in [4.69, 9.17) is 10.5 Å². The van der Waals surface area contributed by atoms with Crippen LogP contribution in [-0.2, 0) is 6.54 Å². The second-order valence-corrected chi connectivity index (χ2v) is 3.95. The lowest BCUT2D eigenvalue weighted by Gasteiger charge is -2.09. The van der Waals surface area contributed by atoms with Crippen LogP contribution in [0.5, 0.6) is 5.88 Å². The molecule has 2 aromatic heterocycles. The number of rotatable bonds is 4. The van der Waals surface area contributed by atoms with Gasteiger partial charge in [0, 0.05) is 24.5 Å². The summed E-state index contributed by atoms with van der Waals surface area (Å²) in [4.78, 5) is 8.48. The Hall–Kier alpha value is -2.30. The first-order valence-corrected chi connectivity index (χ1v) is 5.65. The standard InChI is InChI=1S/C13H16N4O/c1-9-3-5-11(14)13(17-9)16-8-10-4-6-12(18-2)15-7-10/h3-7H,8,14H2,1-2H3,(H,16,17). The van der Waals surface area contributed by atoms with Crippen molar-refractivity contribution in [2.75, 3.05) is 18.2 Å². The monoisotopic (exact) mass is 244 g/mol. The molecule has 0 spiro atoms. The number of pyridine rings is 2. The smallest absolute Gasteiger partial charge is 0.212 e. The van der Waals surface area contributed by atoms with Crippen LogP contribution in [0, 0.1) is 6.92 Å². The van der Waals surface area contributed by atoms with E-state index in [2.05, 4.69) is 15.3 Å². The van der Waals surface area contributed by atoms with Crippen LogP contribution in [0.3, 0.4) is 0 Å². The van der Waals surface area contributed by atoms with Crippen LogP contribution in [0.2, 0.25) is 0 Å². The van der Waals surface area contributed by atoms with Gasteiger partial charge < -0.3 is 15.8 Å². The van der Waals surface area contributed by atoms with Gasteiger partial charge in [-0.1, -0.05) is 6.07 Å². The lowest BCUT2D eigenvalue weighted by Crippen LogP contribution is -2.05. The number of hydrogen-bond donors (Lipinski definition) is 2. The third kappa shape index (κ3) is 2.88. The van der Waals surface area contributed by atoms with Gasteiger partial charge in [0.1, 0.15) is 5.82 Å². The summed E-state index contributed by atoms with van der Waals surface area (Å²) < 4.78 is 5.00. The molecule has 0 aliphatic carbocycles. The number of anilines is 2. The Morgan fingerprint density at radius 1 is 1.28 bits per heavy atom. The van der Waals surface area contributed by atoms with E-state index < -0.39 is 0 Å². The van der Waals surface area contributed by atoms with Crippen LogP contribution >= 0.6 is 0 Å². The molecule has 94 valence electrons. The SMILES string of the molecule is COc1ccc(CNc2nc(C)ccc2N)cn1. The number of methoxy groups -OCH3 is 1. The summed E-state index contributed by atoms with van der Waals surface area (Å²) in [5.74, 6) is 1.30. The molecule has 0 saturated carbocycles. The van der Waals surface area contributed by atoms with Crippen molar-refractivity contribution in [3.8, 4) is 5.88 Å². The van der Waals surface area contributed by atoms with Crippen molar-refractivity contribution in [3.05, 3.63) is 41.7 Å². The number of nitrogen functional groups attached to an aromatic ring is 1. The topological polar surface area (TPSA) is 73.1 Å². The summed E-state index contributed by atoms with van der Waals surface area (Å²) in [5, 5.41) is 3.19. The second kappa shape index (κ2) is 5.35. The highest BCUT2D eigenvalue weighted by Crippen LogP contribution is 2.16. The molecule has 0 aliphatic rings. The minimum absolute atomic E-state index is 0.604. The van der Waals surface area contributed by atoms with E-state index in [1.54, 1.807) is 13.3 Å². The van der Waals surface area contributed by atoms with Crippen LogP contribution in [0.1, 0.15) is 11.3 Å². The largest absolute Gasteiger partial charge is 0.481 e. The lowest BCUT2D eigenvalue weighted by molar-refractivity contribution is 0.397. The quantitative estimate of drug-likeness (QED) is 0.860. The molecule has 0 amide bonds. The Morgan fingerprint density at radius 3 is 2.78 bits per heavy atom. The zero-order valence-electron chi connectivity index (χ0n) is 10.5. The van der Waals surface area contributed by atoms with Crippen LogP contribution in [-0.4, -0.2) is 17.1 Å². The fraction of sp³-hybridized carbons (Fsp3) is 0.231. The van der Waals surface area contributed by atoms with Crippen molar-refractivity contribution in [3.63, 3.8) is 0 Å². The summed E-state index contributed by atoms with van der Waals surface area (Å²) in [6.45, 7) is 2.55. The molecule has 0 aliphatic heterocycles. The number of hydrogen-bond acceptors (Lipinski definition) is 5. The van der Waals surface area contributed by atoms with Crippen molar-refractivity contribution in [2.24, 2.45) is 0 Å². The molecule has 18 heavy (non-hydrogen) atoms. The van der Waals surface area contributed by atoms with E-state index in [-0.39, 0.29) is 0 Å².